The number of aliphatic hydroxyl groups excluding tert-OH is 1. The van der Waals surface area contributed by atoms with Gasteiger partial charge in [-0.1, -0.05) is 6.58 Å². The minimum atomic E-state index is -0.442. The van der Waals surface area contributed by atoms with Crippen molar-refractivity contribution in [1.29, 1.82) is 0 Å². The van der Waals surface area contributed by atoms with E-state index < -0.39 is 12.1 Å². The lowest BCUT2D eigenvalue weighted by Gasteiger charge is -2.26. The molecule has 0 aliphatic carbocycles. The number of nitrogens with zero attached hydrogens (tertiary/aromatic N) is 1. The summed E-state index contributed by atoms with van der Waals surface area (Å²) in [6.07, 6.45) is 0.0251. The molecule has 0 bridgehead atoms. The molecule has 0 aromatic heterocycles. The Kier molecular flexibility index (Phi) is 5.54. The van der Waals surface area contributed by atoms with Crippen LogP contribution in [-0.4, -0.2) is 56.0 Å². The molecule has 1 atom stereocenters. The summed E-state index contributed by atoms with van der Waals surface area (Å²) < 4.78 is 5.57. The second-order valence-corrected chi connectivity index (χ2v) is 4.83. The predicted molar refractivity (Wildman–Crippen MR) is 59.3 cm³/mol. The average molecular weight is 216 g/mol. The molecule has 88 valence electrons. The van der Waals surface area contributed by atoms with Crippen molar-refractivity contribution in [3.63, 3.8) is 0 Å². The van der Waals surface area contributed by atoms with E-state index in [2.05, 4.69) is 6.58 Å². The van der Waals surface area contributed by atoms with Crippen molar-refractivity contribution >= 4 is 5.97 Å². The summed E-state index contributed by atoms with van der Waals surface area (Å²) in [5.74, 6) is -0.396. The molecule has 4 nitrogen and oxygen atoms in total. The van der Waals surface area contributed by atoms with Crippen LogP contribution in [0.5, 0.6) is 0 Å². The van der Waals surface area contributed by atoms with Crippen LogP contribution < -0.4 is 0 Å². The summed E-state index contributed by atoms with van der Waals surface area (Å²) in [4.78, 5) is 11.0. The van der Waals surface area contributed by atoms with Gasteiger partial charge in [-0.2, -0.15) is 0 Å². The molecule has 1 unspecified atom stereocenters. The molecule has 0 saturated heterocycles. The molecule has 0 amide bonds. The predicted octanol–water partition coefficient (Wildman–Crippen LogP) is 0.563. The number of likely N-dealkylation sites (N-methyl/N-ethyl adjacent to an activating group) is 1. The fourth-order valence-corrected chi connectivity index (χ4v) is 1.13. The number of carbonyl (C=O) groups is 1. The van der Waals surface area contributed by atoms with Gasteiger partial charge in [0.1, 0.15) is 12.6 Å². The van der Waals surface area contributed by atoms with Crippen molar-refractivity contribution < 1.29 is 19.1 Å². The molecule has 0 aromatic rings. The van der Waals surface area contributed by atoms with E-state index >= 15 is 0 Å². The summed E-state index contributed by atoms with van der Waals surface area (Å²) >= 11 is 0. The van der Waals surface area contributed by atoms with Crippen molar-refractivity contribution in [2.24, 2.45) is 0 Å². The minimum Gasteiger partial charge on any atom is -0.462 e. The summed E-state index contributed by atoms with van der Waals surface area (Å²) in [6.45, 7) is 5.96. The zero-order valence-corrected chi connectivity index (χ0v) is 10.1. The third-order valence-corrected chi connectivity index (χ3v) is 1.79. The first-order valence-corrected chi connectivity index (χ1v) is 5.03. The smallest absolute Gasteiger partial charge is 0.333 e. The topological polar surface area (TPSA) is 46.5 Å². The monoisotopic (exact) mass is 216 g/mol. The third-order valence-electron chi connectivity index (χ3n) is 1.79. The summed E-state index contributed by atoms with van der Waals surface area (Å²) in [7, 11) is 6.01. The quantitative estimate of drug-likeness (QED) is 0.401. The van der Waals surface area contributed by atoms with Crippen LogP contribution in [0.15, 0.2) is 12.2 Å². The zero-order chi connectivity index (χ0) is 12.1. The first kappa shape index (κ1) is 14.1. The highest BCUT2D eigenvalue weighted by Crippen LogP contribution is 2.01. The Morgan fingerprint density at radius 2 is 2.00 bits per heavy atom. The highest BCUT2D eigenvalue weighted by Gasteiger charge is 2.15. The van der Waals surface area contributed by atoms with E-state index in [4.69, 9.17) is 4.74 Å². The third kappa shape index (κ3) is 8.15. The van der Waals surface area contributed by atoms with E-state index in [9.17, 15) is 9.90 Å². The van der Waals surface area contributed by atoms with E-state index in [1.165, 1.54) is 0 Å². The van der Waals surface area contributed by atoms with Crippen molar-refractivity contribution in [1.82, 2.24) is 0 Å². The van der Waals surface area contributed by atoms with Gasteiger partial charge in [-0.25, -0.2) is 4.79 Å². The standard InChI is InChI=1S/C11H22NO3/c1-9(2)11(14)15-7-6-10(13)8-12(3,4)5/h10,13H,1,6-8H2,2-5H3/q+1. The van der Waals surface area contributed by atoms with Gasteiger partial charge in [0.15, 0.2) is 0 Å². The normalized spacial score (nSPS) is 13.4. The van der Waals surface area contributed by atoms with Crippen molar-refractivity contribution in [2.45, 2.75) is 19.4 Å². The fraction of sp³-hybridized carbons (Fsp3) is 0.727. The van der Waals surface area contributed by atoms with Gasteiger partial charge in [0, 0.05) is 12.0 Å². The molecule has 0 aliphatic heterocycles. The maximum Gasteiger partial charge on any atom is 0.333 e. The highest BCUT2D eigenvalue weighted by molar-refractivity contribution is 5.86. The highest BCUT2D eigenvalue weighted by atomic mass is 16.5. The van der Waals surface area contributed by atoms with E-state index in [1.54, 1.807) is 6.92 Å². The van der Waals surface area contributed by atoms with E-state index in [1.807, 2.05) is 21.1 Å². The van der Waals surface area contributed by atoms with Gasteiger partial charge < -0.3 is 14.3 Å². The first-order valence-electron chi connectivity index (χ1n) is 5.03. The first-order chi connectivity index (χ1) is 6.72. The Morgan fingerprint density at radius 3 is 2.40 bits per heavy atom. The molecule has 0 heterocycles. The molecule has 0 fully saturated rings. The van der Waals surface area contributed by atoms with Crippen LogP contribution in [0.3, 0.4) is 0 Å². The van der Waals surface area contributed by atoms with E-state index in [0.717, 1.165) is 0 Å². The SMILES string of the molecule is C=C(C)C(=O)OCCC(O)C[N+](C)(C)C. The number of carbonyl (C=O) groups excluding carboxylic acids is 1. The van der Waals surface area contributed by atoms with E-state index in [-0.39, 0.29) is 6.61 Å². The van der Waals surface area contributed by atoms with Crippen LogP contribution in [-0.2, 0) is 9.53 Å². The molecular weight excluding hydrogens is 194 g/mol. The van der Waals surface area contributed by atoms with Gasteiger partial charge in [-0.05, 0) is 6.92 Å². The average Bonchev–Trinajstić information content (AvgIpc) is 2.00. The second-order valence-electron chi connectivity index (χ2n) is 4.83. The van der Waals surface area contributed by atoms with Gasteiger partial charge in [-0.15, -0.1) is 0 Å². The van der Waals surface area contributed by atoms with Crippen LogP contribution in [0.1, 0.15) is 13.3 Å². The lowest BCUT2D eigenvalue weighted by atomic mass is 10.2. The lowest BCUT2D eigenvalue weighted by Crippen LogP contribution is -2.41. The molecule has 1 N–H and O–H groups in total. The maximum absolute atomic E-state index is 11.0. The van der Waals surface area contributed by atoms with Crippen LogP contribution in [0.4, 0.5) is 0 Å². The van der Waals surface area contributed by atoms with Gasteiger partial charge in [0.2, 0.25) is 0 Å². The Balaban J connectivity index is 3.69. The van der Waals surface area contributed by atoms with E-state index in [0.29, 0.717) is 23.0 Å². The molecule has 0 rings (SSSR count). The molecule has 0 aromatic carbocycles. The molecule has 0 spiro atoms. The van der Waals surface area contributed by atoms with Crippen molar-refractivity contribution in [3.8, 4) is 0 Å². The minimum absolute atomic E-state index is 0.243. The summed E-state index contributed by atoms with van der Waals surface area (Å²) in [5, 5.41) is 9.61. The molecule has 0 radical (unpaired) electrons. The van der Waals surface area contributed by atoms with Gasteiger partial charge in [0.25, 0.3) is 0 Å². The molecule has 4 heteroatoms. The van der Waals surface area contributed by atoms with Crippen LogP contribution in [0, 0.1) is 0 Å². The Labute approximate surface area is 91.7 Å². The number of hydrogen-bond acceptors (Lipinski definition) is 3. The van der Waals surface area contributed by atoms with Crippen molar-refractivity contribution in [2.75, 3.05) is 34.3 Å². The summed E-state index contributed by atoms with van der Waals surface area (Å²) in [6, 6.07) is 0. The second kappa shape index (κ2) is 5.88. The van der Waals surface area contributed by atoms with Crippen molar-refractivity contribution in [3.05, 3.63) is 12.2 Å². The Bertz CT molecular complexity index is 230. The molecule has 15 heavy (non-hydrogen) atoms. The molecule has 0 aliphatic rings. The number of hydrogen-bond donors (Lipinski definition) is 1. The fourth-order valence-electron chi connectivity index (χ4n) is 1.13. The zero-order valence-electron chi connectivity index (χ0n) is 10.1. The number of ether oxygens (including phenoxy) is 1. The largest absolute Gasteiger partial charge is 0.462 e. The maximum atomic E-state index is 11.0. The summed E-state index contributed by atoms with van der Waals surface area (Å²) in [5.41, 5.74) is 0.385. The molecular formula is C11H22NO3+. The number of quaternary nitrogens is 1. The van der Waals surface area contributed by atoms with Crippen LogP contribution in [0.2, 0.25) is 0 Å². The Hall–Kier alpha value is -0.870. The van der Waals surface area contributed by atoms with Crippen LogP contribution >= 0.6 is 0 Å². The molecule has 0 saturated carbocycles. The van der Waals surface area contributed by atoms with Gasteiger partial charge in [-0.3, -0.25) is 0 Å². The number of esters is 1. The van der Waals surface area contributed by atoms with Gasteiger partial charge in [0.05, 0.1) is 27.7 Å². The van der Waals surface area contributed by atoms with Crippen LogP contribution in [0.25, 0.3) is 0 Å². The van der Waals surface area contributed by atoms with Gasteiger partial charge >= 0.3 is 5.97 Å². The Morgan fingerprint density at radius 1 is 1.47 bits per heavy atom. The lowest BCUT2D eigenvalue weighted by molar-refractivity contribution is -0.873. The number of rotatable bonds is 6. The number of aliphatic hydroxyl groups is 1.